The van der Waals surface area contributed by atoms with E-state index in [9.17, 15) is 10.2 Å². The van der Waals surface area contributed by atoms with Crippen molar-refractivity contribution in [1.82, 2.24) is 0 Å². The Morgan fingerprint density at radius 3 is 2.65 bits per heavy atom. The third-order valence-corrected chi connectivity index (χ3v) is 4.74. The van der Waals surface area contributed by atoms with E-state index < -0.39 is 23.4 Å². The Kier molecular flexibility index (Phi) is 3.04. The van der Waals surface area contributed by atoms with E-state index in [1.807, 2.05) is 20.8 Å². The molecule has 0 aromatic heterocycles. The fraction of sp³-hybridized carbons (Fsp3) is 0.750. The second kappa shape index (κ2) is 4.32. The van der Waals surface area contributed by atoms with Crippen molar-refractivity contribution in [3.63, 3.8) is 0 Å². The van der Waals surface area contributed by atoms with Crippen molar-refractivity contribution in [3.05, 3.63) is 12.2 Å². The highest BCUT2D eigenvalue weighted by atomic mass is 16.7. The molecule has 0 aromatic carbocycles. The first-order valence-corrected chi connectivity index (χ1v) is 7.15. The van der Waals surface area contributed by atoms with Crippen molar-refractivity contribution in [3.8, 4) is 11.8 Å². The van der Waals surface area contributed by atoms with E-state index in [0.29, 0.717) is 12.8 Å². The number of hydrogen-bond donors (Lipinski definition) is 2. The number of allylic oxidation sites excluding steroid dienone is 1. The quantitative estimate of drug-likeness (QED) is 0.513. The van der Waals surface area contributed by atoms with E-state index in [1.165, 1.54) is 0 Å². The van der Waals surface area contributed by atoms with Gasteiger partial charge in [-0.2, -0.15) is 0 Å². The molecule has 2 aliphatic heterocycles. The van der Waals surface area contributed by atoms with Crippen LogP contribution in [0.15, 0.2) is 12.2 Å². The van der Waals surface area contributed by atoms with Crippen LogP contribution in [0.4, 0.5) is 0 Å². The normalized spacial score (nSPS) is 48.4. The van der Waals surface area contributed by atoms with Crippen LogP contribution >= 0.6 is 0 Å². The Morgan fingerprint density at radius 1 is 1.30 bits per heavy atom. The van der Waals surface area contributed by atoms with Crippen LogP contribution in [-0.2, 0) is 9.47 Å². The van der Waals surface area contributed by atoms with Gasteiger partial charge in [-0.05, 0) is 32.8 Å². The smallest absolute Gasteiger partial charge is 0.126 e. The van der Waals surface area contributed by atoms with Crippen molar-refractivity contribution in [1.29, 1.82) is 0 Å². The number of epoxide rings is 1. The van der Waals surface area contributed by atoms with Gasteiger partial charge in [0.15, 0.2) is 0 Å². The fourth-order valence-electron chi connectivity index (χ4n) is 3.40. The third-order valence-electron chi connectivity index (χ3n) is 4.74. The largest absolute Gasteiger partial charge is 0.390 e. The van der Waals surface area contributed by atoms with E-state index >= 15 is 0 Å². The summed E-state index contributed by atoms with van der Waals surface area (Å²) in [4.78, 5) is 0. The van der Waals surface area contributed by atoms with Gasteiger partial charge in [0.1, 0.15) is 11.7 Å². The maximum absolute atomic E-state index is 10.3. The summed E-state index contributed by atoms with van der Waals surface area (Å²) < 4.78 is 11.8. The summed E-state index contributed by atoms with van der Waals surface area (Å²) in [6, 6.07) is 0. The zero-order valence-corrected chi connectivity index (χ0v) is 12.2. The molecule has 4 heteroatoms. The van der Waals surface area contributed by atoms with Gasteiger partial charge in [0.05, 0.1) is 29.8 Å². The van der Waals surface area contributed by atoms with Crippen LogP contribution < -0.4 is 0 Å². The number of ether oxygens (including phenoxy) is 2. The third kappa shape index (κ3) is 2.01. The summed E-state index contributed by atoms with van der Waals surface area (Å²) in [6.45, 7) is 9.38. The Morgan fingerprint density at radius 2 is 2.00 bits per heavy atom. The van der Waals surface area contributed by atoms with Crippen molar-refractivity contribution >= 4 is 0 Å². The van der Waals surface area contributed by atoms with Crippen LogP contribution in [0, 0.1) is 17.8 Å². The highest BCUT2D eigenvalue weighted by molar-refractivity contribution is 5.29. The second-order valence-corrected chi connectivity index (χ2v) is 6.81. The Hall–Kier alpha value is -0.860. The number of hydrogen-bond acceptors (Lipinski definition) is 4. The second-order valence-electron chi connectivity index (χ2n) is 6.81. The molecule has 20 heavy (non-hydrogen) atoms. The minimum atomic E-state index is -0.616. The van der Waals surface area contributed by atoms with Crippen LogP contribution in [0.3, 0.4) is 0 Å². The van der Waals surface area contributed by atoms with Crippen molar-refractivity contribution in [2.24, 2.45) is 5.92 Å². The maximum atomic E-state index is 10.3. The predicted octanol–water partition coefficient (Wildman–Crippen LogP) is 1.01. The monoisotopic (exact) mass is 278 g/mol. The standard InChI is InChI=1S/C16H22O4/c1-9(2)5-6-10-7-12-16(14(20-16)13(10)18)8-11(17)15(3,4)19-12/h10-14,17-18H,1,7-8H2,2-4H3/t10-,11-,12-,13+,14+,16-/m0/s1. The first-order valence-electron chi connectivity index (χ1n) is 7.15. The van der Waals surface area contributed by atoms with Gasteiger partial charge in [0.25, 0.3) is 0 Å². The van der Waals surface area contributed by atoms with Gasteiger partial charge in [-0.15, -0.1) is 0 Å². The van der Waals surface area contributed by atoms with Crippen LogP contribution in [0.5, 0.6) is 0 Å². The molecule has 2 N–H and O–H groups in total. The molecule has 6 atom stereocenters. The molecule has 3 aliphatic rings. The summed E-state index contributed by atoms with van der Waals surface area (Å²) in [5.41, 5.74) is -0.303. The topological polar surface area (TPSA) is 62.2 Å². The van der Waals surface area contributed by atoms with E-state index in [2.05, 4.69) is 18.4 Å². The van der Waals surface area contributed by atoms with Crippen molar-refractivity contribution in [2.75, 3.05) is 0 Å². The molecule has 0 aromatic rings. The van der Waals surface area contributed by atoms with Gasteiger partial charge in [-0.3, -0.25) is 0 Å². The van der Waals surface area contributed by atoms with Gasteiger partial charge < -0.3 is 19.7 Å². The summed E-state index contributed by atoms with van der Waals surface area (Å²) in [5, 5.41) is 20.5. The first kappa shape index (κ1) is 14.1. The van der Waals surface area contributed by atoms with Gasteiger partial charge in [0.2, 0.25) is 0 Å². The molecular weight excluding hydrogens is 256 g/mol. The molecule has 0 unspecified atom stereocenters. The van der Waals surface area contributed by atoms with Crippen molar-refractivity contribution < 1.29 is 19.7 Å². The van der Waals surface area contributed by atoms with Gasteiger partial charge in [-0.1, -0.05) is 18.4 Å². The van der Waals surface area contributed by atoms with E-state index in [-0.39, 0.29) is 18.1 Å². The maximum Gasteiger partial charge on any atom is 0.126 e. The minimum Gasteiger partial charge on any atom is -0.390 e. The van der Waals surface area contributed by atoms with E-state index in [1.54, 1.807) is 0 Å². The van der Waals surface area contributed by atoms with Gasteiger partial charge >= 0.3 is 0 Å². The molecule has 1 aliphatic carbocycles. The van der Waals surface area contributed by atoms with Gasteiger partial charge in [0, 0.05) is 6.42 Å². The molecule has 110 valence electrons. The molecule has 1 saturated carbocycles. The zero-order chi connectivity index (χ0) is 14.7. The SMILES string of the molecule is C=C(C)C#C[C@H]1C[C@@H]2OC(C)(C)[C@@H](O)C[C@]23O[C@@H]3[C@@H]1O. The van der Waals surface area contributed by atoms with Crippen LogP contribution in [0.1, 0.15) is 33.6 Å². The number of aliphatic hydroxyl groups is 2. The molecule has 0 bridgehead atoms. The molecule has 3 fully saturated rings. The molecule has 1 spiro atoms. The Balaban J connectivity index is 1.82. The number of rotatable bonds is 0. The van der Waals surface area contributed by atoms with Crippen LogP contribution in [0.2, 0.25) is 0 Å². The lowest BCUT2D eigenvalue weighted by molar-refractivity contribution is -0.207. The minimum absolute atomic E-state index is 0.112. The summed E-state index contributed by atoms with van der Waals surface area (Å²) >= 11 is 0. The van der Waals surface area contributed by atoms with Gasteiger partial charge in [-0.25, -0.2) is 0 Å². The summed E-state index contributed by atoms with van der Waals surface area (Å²) in [5.74, 6) is 5.85. The predicted molar refractivity (Wildman–Crippen MR) is 73.9 cm³/mol. The lowest BCUT2D eigenvalue weighted by Gasteiger charge is -2.46. The Labute approximate surface area is 119 Å². The van der Waals surface area contributed by atoms with E-state index in [0.717, 1.165) is 5.57 Å². The Bertz CT molecular complexity index is 500. The van der Waals surface area contributed by atoms with Crippen LogP contribution in [0.25, 0.3) is 0 Å². The van der Waals surface area contributed by atoms with Crippen LogP contribution in [-0.4, -0.2) is 45.8 Å². The summed E-state index contributed by atoms with van der Waals surface area (Å²) in [6.07, 6.45) is -0.416. The highest BCUT2D eigenvalue weighted by Crippen LogP contribution is 2.57. The molecule has 0 radical (unpaired) electrons. The average Bonchev–Trinajstić information content (AvgIpc) is 3.05. The zero-order valence-electron chi connectivity index (χ0n) is 12.2. The molecular formula is C16H22O4. The molecule has 2 saturated heterocycles. The molecule has 4 nitrogen and oxygen atoms in total. The average molecular weight is 278 g/mol. The lowest BCUT2D eigenvalue weighted by atomic mass is 9.72. The highest BCUT2D eigenvalue weighted by Gasteiger charge is 2.72. The fourth-order valence-corrected chi connectivity index (χ4v) is 3.40. The summed E-state index contributed by atoms with van der Waals surface area (Å²) in [7, 11) is 0. The van der Waals surface area contributed by atoms with Crippen molar-refractivity contribution in [2.45, 2.75) is 69.2 Å². The van der Waals surface area contributed by atoms with E-state index in [4.69, 9.17) is 9.47 Å². The molecule has 3 rings (SSSR count). The number of aliphatic hydroxyl groups excluding tert-OH is 2. The molecule has 2 heterocycles. The lowest BCUT2D eigenvalue weighted by Crippen LogP contribution is -2.59. The first-order chi connectivity index (χ1) is 9.26. The molecule has 0 amide bonds.